The Bertz CT molecular complexity index is 796. The van der Waals surface area contributed by atoms with Crippen molar-refractivity contribution in [2.24, 2.45) is 0 Å². The van der Waals surface area contributed by atoms with E-state index in [4.69, 9.17) is 14.2 Å². The molecule has 0 amide bonds. The van der Waals surface area contributed by atoms with Crippen molar-refractivity contribution in [3.63, 3.8) is 0 Å². The zero-order valence-electron chi connectivity index (χ0n) is 12.8. The fourth-order valence-electron chi connectivity index (χ4n) is 2.41. The number of ether oxygens (including phenoxy) is 3. The first-order valence-electron chi connectivity index (χ1n) is 7.02. The summed E-state index contributed by atoms with van der Waals surface area (Å²) in [5, 5.41) is 0. The van der Waals surface area contributed by atoms with E-state index in [0.29, 0.717) is 28.2 Å². The number of hydrogen-bond acceptors (Lipinski definition) is 4. The number of fused-ring (bicyclic) bond motifs is 1. The predicted molar refractivity (Wildman–Crippen MR) is 83.7 cm³/mol. The molecule has 0 aliphatic carbocycles. The van der Waals surface area contributed by atoms with Crippen molar-refractivity contribution >= 4 is 11.9 Å². The quantitative estimate of drug-likeness (QED) is 0.813. The number of halogens is 1. The van der Waals surface area contributed by atoms with Gasteiger partial charge in [0.05, 0.1) is 19.8 Å². The summed E-state index contributed by atoms with van der Waals surface area (Å²) in [7, 11) is 2.94. The minimum atomic E-state index is -0.479. The maximum absolute atomic E-state index is 13.8. The highest BCUT2D eigenvalue weighted by molar-refractivity contribution is 6.14. The van der Waals surface area contributed by atoms with Gasteiger partial charge in [0.25, 0.3) is 0 Å². The molecule has 4 nitrogen and oxygen atoms in total. The van der Waals surface area contributed by atoms with Crippen molar-refractivity contribution in [1.82, 2.24) is 0 Å². The Balaban J connectivity index is 1.95. The average Bonchev–Trinajstić information content (AvgIpc) is 2.57. The molecule has 2 aromatic carbocycles. The van der Waals surface area contributed by atoms with E-state index in [0.717, 1.165) is 0 Å². The highest BCUT2D eigenvalue weighted by Crippen LogP contribution is 2.31. The van der Waals surface area contributed by atoms with Gasteiger partial charge in [0.1, 0.15) is 18.1 Å². The van der Waals surface area contributed by atoms with Gasteiger partial charge in [0, 0.05) is 5.57 Å². The average molecular weight is 314 g/mol. The van der Waals surface area contributed by atoms with Crippen LogP contribution in [0.1, 0.15) is 15.9 Å². The van der Waals surface area contributed by atoms with Crippen molar-refractivity contribution in [2.75, 3.05) is 20.8 Å². The summed E-state index contributed by atoms with van der Waals surface area (Å²) in [6, 6.07) is 9.60. The Hall–Kier alpha value is -2.82. The van der Waals surface area contributed by atoms with Crippen molar-refractivity contribution in [2.45, 2.75) is 0 Å². The van der Waals surface area contributed by atoms with Crippen LogP contribution in [0.3, 0.4) is 0 Å². The molecule has 118 valence electrons. The molecule has 0 bridgehead atoms. The van der Waals surface area contributed by atoms with Gasteiger partial charge in [-0.25, -0.2) is 4.39 Å². The van der Waals surface area contributed by atoms with Crippen LogP contribution in [0.2, 0.25) is 0 Å². The van der Waals surface area contributed by atoms with Crippen molar-refractivity contribution < 1.29 is 23.4 Å². The van der Waals surface area contributed by atoms with Gasteiger partial charge in [-0.1, -0.05) is 6.07 Å². The third-order valence-corrected chi connectivity index (χ3v) is 3.62. The molecule has 0 fully saturated rings. The molecule has 5 heteroatoms. The lowest BCUT2D eigenvalue weighted by atomic mass is 9.98. The molecule has 0 spiro atoms. The van der Waals surface area contributed by atoms with Gasteiger partial charge in [-0.05, 0) is 42.0 Å². The van der Waals surface area contributed by atoms with Crippen LogP contribution in [0.25, 0.3) is 6.08 Å². The number of ketones is 1. The van der Waals surface area contributed by atoms with Crippen molar-refractivity contribution in [3.05, 3.63) is 58.9 Å². The standard InChI is InChI=1S/C18H15FO4/c1-21-13-4-6-16-14(9-13)18(20)12(10-23-16)7-11-3-5-17(22-2)15(19)8-11/h3-9H,10H2,1-2H3. The lowest BCUT2D eigenvalue weighted by molar-refractivity contribution is 0.100. The summed E-state index contributed by atoms with van der Waals surface area (Å²) in [6.07, 6.45) is 1.62. The SMILES string of the molecule is COc1ccc2c(c1)C(=O)C(=Cc1ccc(OC)c(F)c1)CO2. The summed E-state index contributed by atoms with van der Waals surface area (Å²) in [4.78, 5) is 12.6. The molecular formula is C18H15FO4. The van der Waals surface area contributed by atoms with Gasteiger partial charge in [0.2, 0.25) is 0 Å². The summed E-state index contributed by atoms with van der Waals surface area (Å²) in [5.41, 5.74) is 1.47. The lowest BCUT2D eigenvalue weighted by Crippen LogP contribution is -2.19. The van der Waals surface area contributed by atoms with E-state index in [-0.39, 0.29) is 18.1 Å². The van der Waals surface area contributed by atoms with Crippen LogP contribution in [0.4, 0.5) is 4.39 Å². The van der Waals surface area contributed by atoms with E-state index in [1.165, 1.54) is 26.4 Å². The molecule has 0 N–H and O–H groups in total. The molecule has 23 heavy (non-hydrogen) atoms. The van der Waals surface area contributed by atoms with Crippen molar-refractivity contribution in [3.8, 4) is 17.2 Å². The topological polar surface area (TPSA) is 44.8 Å². The second-order valence-corrected chi connectivity index (χ2v) is 5.04. The highest BCUT2D eigenvalue weighted by atomic mass is 19.1. The van der Waals surface area contributed by atoms with Gasteiger partial charge < -0.3 is 14.2 Å². The van der Waals surface area contributed by atoms with Gasteiger partial charge in [-0.15, -0.1) is 0 Å². The normalized spacial score (nSPS) is 15.1. The van der Waals surface area contributed by atoms with Crippen LogP contribution >= 0.6 is 0 Å². The van der Waals surface area contributed by atoms with Crippen LogP contribution in [0, 0.1) is 5.82 Å². The first kappa shape index (κ1) is 15.1. The predicted octanol–water partition coefficient (Wildman–Crippen LogP) is 3.50. The Morgan fingerprint density at radius 1 is 1.13 bits per heavy atom. The first-order chi connectivity index (χ1) is 11.1. The van der Waals surface area contributed by atoms with Gasteiger partial charge in [-0.2, -0.15) is 0 Å². The Kier molecular flexibility index (Phi) is 4.02. The minimum Gasteiger partial charge on any atom is -0.497 e. The molecule has 0 radical (unpaired) electrons. The smallest absolute Gasteiger partial charge is 0.196 e. The van der Waals surface area contributed by atoms with E-state index in [1.807, 2.05) is 0 Å². The fraction of sp³-hybridized carbons (Fsp3) is 0.167. The molecule has 1 heterocycles. The molecule has 3 rings (SSSR count). The largest absolute Gasteiger partial charge is 0.497 e. The number of Topliss-reactive ketones (excluding diaryl/α,β-unsaturated/α-hetero) is 1. The molecular weight excluding hydrogens is 299 g/mol. The molecule has 0 atom stereocenters. The van der Waals surface area contributed by atoms with Crippen LogP contribution < -0.4 is 14.2 Å². The van der Waals surface area contributed by atoms with E-state index >= 15 is 0 Å². The highest BCUT2D eigenvalue weighted by Gasteiger charge is 2.24. The Labute approximate surface area is 133 Å². The summed E-state index contributed by atoms with van der Waals surface area (Å²) < 4.78 is 29.4. The van der Waals surface area contributed by atoms with E-state index in [9.17, 15) is 9.18 Å². The first-order valence-corrected chi connectivity index (χ1v) is 7.02. The molecule has 0 saturated carbocycles. The van der Waals surface area contributed by atoms with Crippen LogP contribution in [-0.2, 0) is 0 Å². The number of rotatable bonds is 3. The second kappa shape index (κ2) is 6.12. The monoisotopic (exact) mass is 314 g/mol. The van der Waals surface area contributed by atoms with Gasteiger partial charge in [-0.3, -0.25) is 4.79 Å². The Morgan fingerprint density at radius 3 is 2.65 bits per heavy atom. The van der Waals surface area contributed by atoms with E-state index < -0.39 is 5.82 Å². The van der Waals surface area contributed by atoms with Gasteiger partial charge in [0.15, 0.2) is 17.3 Å². The molecule has 1 aliphatic rings. The molecule has 2 aromatic rings. The van der Waals surface area contributed by atoms with Crippen LogP contribution in [0.5, 0.6) is 17.2 Å². The maximum Gasteiger partial charge on any atom is 0.196 e. The number of methoxy groups -OCH3 is 2. The zero-order valence-corrected chi connectivity index (χ0v) is 12.8. The van der Waals surface area contributed by atoms with Crippen molar-refractivity contribution in [1.29, 1.82) is 0 Å². The van der Waals surface area contributed by atoms with Crippen LogP contribution in [0.15, 0.2) is 42.0 Å². The number of carbonyl (C=O) groups excluding carboxylic acids is 1. The molecule has 0 unspecified atom stereocenters. The molecule has 0 saturated heterocycles. The number of hydrogen-bond donors (Lipinski definition) is 0. The second-order valence-electron chi connectivity index (χ2n) is 5.04. The van der Waals surface area contributed by atoms with Gasteiger partial charge >= 0.3 is 0 Å². The van der Waals surface area contributed by atoms with Crippen LogP contribution in [-0.4, -0.2) is 26.6 Å². The molecule has 0 aromatic heterocycles. The third kappa shape index (κ3) is 2.90. The zero-order chi connectivity index (χ0) is 16.4. The molecule has 1 aliphatic heterocycles. The number of carbonyl (C=O) groups is 1. The summed E-state index contributed by atoms with van der Waals surface area (Å²) in [5.74, 6) is 0.634. The van der Waals surface area contributed by atoms with E-state index in [1.54, 1.807) is 30.3 Å². The van der Waals surface area contributed by atoms with E-state index in [2.05, 4.69) is 0 Å². The Morgan fingerprint density at radius 2 is 1.96 bits per heavy atom. The fourth-order valence-corrected chi connectivity index (χ4v) is 2.41. The maximum atomic E-state index is 13.8. The minimum absolute atomic E-state index is 0.145. The summed E-state index contributed by atoms with van der Waals surface area (Å²) in [6.45, 7) is 0.145. The summed E-state index contributed by atoms with van der Waals surface area (Å²) >= 11 is 0. The number of benzene rings is 2. The lowest BCUT2D eigenvalue weighted by Gasteiger charge is -2.19. The third-order valence-electron chi connectivity index (χ3n) is 3.62.